The van der Waals surface area contributed by atoms with Gasteiger partial charge in [-0.15, -0.1) is 11.3 Å². The first-order valence-corrected chi connectivity index (χ1v) is 9.04. The molecule has 5 heteroatoms. The summed E-state index contributed by atoms with van der Waals surface area (Å²) in [6, 6.07) is 12.5. The second-order valence-corrected chi connectivity index (χ2v) is 7.13. The first kappa shape index (κ1) is 14.9. The number of benzene rings is 1. The van der Waals surface area contributed by atoms with Crippen LogP contribution in [0.1, 0.15) is 30.1 Å². The Morgan fingerprint density at radius 3 is 3.00 bits per heavy atom. The van der Waals surface area contributed by atoms with E-state index in [0.29, 0.717) is 11.9 Å². The van der Waals surface area contributed by atoms with Gasteiger partial charge in [-0.1, -0.05) is 35.9 Å². The van der Waals surface area contributed by atoms with Gasteiger partial charge >= 0.3 is 0 Å². The molecule has 0 unspecified atom stereocenters. The molecule has 0 N–H and O–H groups in total. The number of thiophene rings is 1. The van der Waals surface area contributed by atoms with Crippen molar-refractivity contribution in [2.45, 2.75) is 25.4 Å². The molecule has 0 saturated carbocycles. The van der Waals surface area contributed by atoms with Crippen LogP contribution in [-0.2, 0) is 6.54 Å². The van der Waals surface area contributed by atoms with Gasteiger partial charge in [0.2, 0.25) is 5.89 Å². The summed E-state index contributed by atoms with van der Waals surface area (Å²) in [6.45, 7) is 1.86. The monoisotopic (exact) mass is 344 g/mol. The van der Waals surface area contributed by atoms with Crippen LogP contribution in [0.2, 0.25) is 5.02 Å². The maximum Gasteiger partial charge on any atom is 0.236 e. The molecule has 3 aromatic rings. The maximum atomic E-state index is 6.38. The standard InChI is InChI=1S/C18H17ClN2OS/c19-15-6-2-1-5-14(15)16-7-3-9-21(16)11-13-12-22-18(20-13)17-8-4-10-23-17/h1-2,4-6,8,10,12,16H,3,7,9,11H2/t16-/m1/s1. The number of aromatic nitrogens is 1. The summed E-state index contributed by atoms with van der Waals surface area (Å²) in [5, 5.41) is 2.89. The molecule has 0 bridgehead atoms. The fraction of sp³-hybridized carbons (Fsp3) is 0.278. The quantitative estimate of drug-likeness (QED) is 0.635. The van der Waals surface area contributed by atoms with Crippen molar-refractivity contribution in [2.24, 2.45) is 0 Å². The van der Waals surface area contributed by atoms with Crippen molar-refractivity contribution in [3.05, 3.63) is 64.3 Å². The minimum Gasteiger partial charge on any atom is -0.444 e. The SMILES string of the molecule is Clc1ccccc1[C@H]1CCCN1Cc1coc(-c2cccs2)n1. The Hall–Kier alpha value is -1.62. The lowest BCUT2D eigenvalue weighted by molar-refractivity contribution is 0.245. The van der Waals surface area contributed by atoms with Gasteiger partial charge in [0.15, 0.2) is 0 Å². The van der Waals surface area contributed by atoms with Crippen LogP contribution in [0.25, 0.3) is 10.8 Å². The third-order valence-electron chi connectivity index (χ3n) is 4.28. The fourth-order valence-corrected chi connectivity index (χ4v) is 4.13. The van der Waals surface area contributed by atoms with E-state index in [1.54, 1.807) is 17.6 Å². The van der Waals surface area contributed by atoms with Crippen LogP contribution in [0.15, 0.2) is 52.5 Å². The summed E-state index contributed by atoms with van der Waals surface area (Å²) in [7, 11) is 0. The summed E-state index contributed by atoms with van der Waals surface area (Å²) in [4.78, 5) is 8.15. The minimum absolute atomic E-state index is 0.366. The predicted molar refractivity (Wildman–Crippen MR) is 93.7 cm³/mol. The van der Waals surface area contributed by atoms with E-state index in [4.69, 9.17) is 16.0 Å². The van der Waals surface area contributed by atoms with Gasteiger partial charge in [0, 0.05) is 17.6 Å². The van der Waals surface area contributed by atoms with Gasteiger partial charge in [0.1, 0.15) is 6.26 Å². The lowest BCUT2D eigenvalue weighted by atomic mass is 10.0. The number of oxazole rings is 1. The third-order valence-corrected chi connectivity index (χ3v) is 5.48. The minimum atomic E-state index is 0.366. The van der Waals surface area contributed by atoms with E-state index in [0.717, 1.165) is 35.1 Å². The third kappa shape index (κ3) is 3.07. The van der Waals surface area contributed by atoms with Crippen molar-refractivity contribution in [1.82, 2.24) is 9.88 Å². The number of hydrogen-bond acceptors (Lipinski definition) is 4. The van der Waals surface area contributed by atoms with E-state index < -0.39 is 0 Å². The predicted octanol–water partition coefficient (Wildman–Crippen LogP) is 5.39. The van der Waals surface area contributed by atoms with Crippen LogP contribution in [0.3, 0.4) is 0 Å². The van der Waals surface area contributed by atoms with Crippen molar-refractivity contribution in [3.8, 4) is 10.8 Å². The zero-order valence-corrected chi connectivity index (χ0v) is 14.2. The lowest BCUT2D eigenvalue weighted by Gasteiger charge is -2.24. The Bertz CT molecular complexity index is 784. The van der Waals surface area contributed by atoms with E-state index in [1.165, 1.54) is 12.0 Å². The van der Waals surface area contributed by atoms with Crippen molar-refractivity contribution in [2.75, 3.05) is 6.54 Å². The van der Waals surface area contributed by atoms with Crippen LogP contribution in [0, 0.1) is 0 Å². The van der Waals surface area contributed by atoms with E-state index in [-0.39, 0.29) is 0 Å². The van der Waals surface area contributed by atoms with Crippen molar-refractivity contribution >= 4 is 22.9 Å². The topological polar surface area (TPSA) is 29.3 Å². The number of likely N-dealkylation sites (tertiary alicyclic amines) is 1. The Labute approximate surface area is 144 Å². The van der Waals surface area contributed by atoms with Crippen molar-refractivity contribution in [1.29, 1.82) is 0 Å². The molecule has 2 aromatic heterocycles. The summed E-state index contributed by atoms with van der Waals surface area (Å²) >= 11 is 8.03. The largest absolute Gasteiger partial charge is 0.444 e. The number of hydrogen-bond donors (Lipinski definition) is 0. The van der Waals surface area contributed by atoms with E-state index in [1.807, 2.05) is 29.6 Å². The zero-order chi connectivity index (χ0) is 15.6. The Morgan fingerprint density at radius 2 is 2.17 bits per heavy atom. The highest BCUT2D eigenvalue weighted by Gasteiger charge is 2.28. The molecule has 23 heavy (non-hydrogen) atoms. The number of rotatable bonds is 4. The average molecular weight is 345 g/mol. The van der Waals surface area contributed by atoms with Crippen LogP contribution in [0.5, 0.6) is 0 Å². The molecule has 0 radical (unpaired) electrons. The molecule has 118 valence electrons. The molecular formula is C18H17ClN2OS. The highest BCUT2D eigenvalue weighted by molar-refractivity contribution is 7.13. The molecule has 1 aliphatic heterocycles. The van der Waals surface area contributed by atoms with Crippen molar-refractivity contribution in [3.63, 3.8) is 0 Å². The molecule has 3 heterocycles. The second-order valence-electron chi connectivity index (χ2n) is 5.77. The van der Waals surface area contributed by atoms with Crippen molar-refractivity contribution < 1.29 is 4.42 Å². The summed E-state index contributed by atoms with van der Waals surface area (Å²) in [5.41, 5.74) is 2.20. The van der Waals surface area contributed by atoms with Gasteiger partial charge in [0.05, 0.1) is 10.6 Å². The van der Waals surface area contributed by atoms with Gasteiger partial charge in [-0.25, -0.2) is 4.98 Å². The normalized spacial score (nSPS) is 18.6. The van der Waals surface area contributed by atoms with Gasteiger partial charge in [-0.2, -0.15) is 0 Å². The highest BCUT2D eigenvalue weighted by atomic mass is 35.5. The van der Waals surface area contributed by atoms with E-state index in [2.05, 4.69) is 22.0 Å². The Morgan fingerprint density at radius 1 is 1.26 bits per heavy atom. The van der Waals surface area contributed by atoms with E-state index >= 15 is 0 Å². The second kappa shape index (κ2) is 6.48. The van der Waals surface area contributed by atoms with Crippen LogP contribution < -0.4 is 0 Å². The summed E-state index contributed by atoms with van der Waals surface area (Å²) < 4.78 is 5.63. The molecule has 1 atom stereocenters. The molecule has 1 saturated heterocycles. The molecule has 0 amide bonds. The molecule has 0 aliphatic carbocycles. The number of nitrogens with zero attached hydrogens (tertiary/aromatic N) is 2. The summed E-state index contributed by atoms with van der Waals surface area (Å²) in [5.74, 6) is 0.712. The summed E-state index contributed by atoms with van der Waals surface area (Å²) in [6.07, 6.45) is 4.10. The van der Waals surface area contributed by atoms with Gasteiger partial charge in [0.25, 0.3) is 0 Å². The fourth-order valence-electron chi connectivity index (χ4n) is 3.21. The molecular weight excluding hydrogens is 328 g/mol. The highest BCUT2D eigenvalue weighted by Crippen LogP contribution is 2.36. The first-order valence-electron chi connectivity index (χ1n) is 7.78. The van der Waals surface area contributed by atoms with Crippen LogP contribution in [0.4, 0.5) is 0 Å². The maximum absolute atomic E-state index is 6.38. The van der Waals surface area contributed by atoms with Gasteiger partial charge in [-0.05, 0) is 42.5 Å². The van der Waals surface area contributed by atoms with E-state index in [9.17, 15) is 0 Å². The van der Waals surface area contributed by atoms with Gasteiger partial charge < -0.3 is 4.42 Å². The molecule has 1 fully saturated rings. The number of halogens is 1. The Balaban J connectivity index is 1.53. The van der Waals surface area contributed by atoms with Gasteiger partial charge in [-0.3, -0.25) is 4.90 Å². The zero-order valence-electron chi connectivity index (χ0n) is 12.6. The first-order chi connectivity index (χ1) is 11.3. The lowest BCUT2D eigenvalue weighted by Crippen LogP contribution is -2.23. The molecule has 4 rings (SSSR count). The van der Waals surface area contributed by atoms with Crippen LogP contribution in [-0.4, -0.2) is 16.4 Å². The average Bonchev–Trinajstić information content (AvgIpc) is 3.29. The molecule has 1 aliphatic rings. The molecule has 3 nitrogen and oxygen atoms in total. The molecule has 0 spiro atoms. The Kier molecular flexibility index (Phi) is 4.21. The van der Waals surface area contributed by atoms with Crippen LogP contribution >= 0.6 is 22.9 Å². The smallest absolute Gasteiger partial charge is 0.236 e. The molecule has 1 aromatic carbocycles.